The zero-order valence-corrected chi connectivity index (χ0v) is 17.8. The molecule has 2 amide bonds. The molecule has 9 heteroatoms. The number of halogens is 1. The van der Waals surface area contributed by atoms with Crippen LogP contribution in [0.3, 0.4) is 0 Å². The van der Waals surface area contributed by atoms with E-state index in [0.29, 0.717) is 33.9 Å². The van der Waals surface area contributed by atoms with Crippen molar-refractivity contribution in [2.45, 2.75) is 31.4 Å². The SMILES string of the molecule is CC1SC(=S)N(CCCC(=O)Nc2ncc(Cc3cccc(Cl)c3)s2)C1=O. The van der Waals surface area contributed by atoms with Crippen LogP contribution >= 0.6 is 46.9 Å². The van der Waals surface area contributed by atoms with Gasteiger partial charge in [0.25, 0.3) is 0 Å². The van der Waals surface area contributed by atoms with Crippen molar-refractivity contribution in [2.24, 2.45) is 0 Å². The quantitative estimate of drug-likeness (QED) is 0.649. The van der Waals surface area contributed by atoms with Crippen molar-refractivity contribution in [2.75, 3.05) is 11.9 Å². The van der Waals surface area contributed by atoms with E-state index < -0.39 is 0 Å². The van der Waals surface area contributed by atoms with E-state index in [4.69, 9.17) is 23.8 Å². The molecule has 1 aliphatic heterocycles. The molecule has 27 heavy (non-hydrogen) atoms. The fraction of sp³-hybridized carbons (Fsp3) is 0.333. The highest BCUT2D eigenvalue weighted by atomic mass is 35.5. The minimum Gasteiger partial charge on any atom is -0.302 e. The third kappa shape index (κ3) is 5.51. The number of nitrogens with one attached hydrogen (secondary N) is 1. The van der Waals surface area contributed by atoms with Crippen LogP contribution in [0.4, 0.5) is 5.13 Å². The number of aromatic nitrogens is 1. The summed E-state index contributed by atoms with van der Waals surface area (Å²) in [4.78, 5) is 31.0. The molecule has 5 nitrogen and oxygen atoms in total. The van der Waals surface area contributed by atoms with E-state index in [1.807, 2.05) is 31.2 Å². The van der Waals surface area contributed by atoms with Crippen LogP contribution in [0.2, 0.25) is 5.02 Å². The molecule has 2 aromatic rings. The topological polar surface area (TPSA) is 62.3 Å². The van der Waals surface area contributed by atoms with Crippen LogP contribution in [0.1, 0.15) is 30.2 Å². The second kappa shape index (κ2) is 9.14. The smallest absolute Gasteiger partial charge is 0.241 e. The number of carbonyl (C=O) groups excluding carboxylic acids is 2. The number of thiocarbonyl (C=S) groups is 1. The van der Waals surface area contributed by atoms with Gasteiger partial charge in [0.1, 0.15) is 4.32 Å². The van der Waals surface area contributed by atoms with Crippen molar-refractivity contribution in [3.63, 3.8) is 0 Å². The normalized spacial score (nSPS) is 16.8. The summed E-state index contributed by atoms with van der Waals surface area (Å²) in [6.45, 7) is 2.32. The molecular weight excluding hydrogens is 422 g/mol. The Kier molecular flexibility index (Phi) is 6.86. The van der Waals surface area contributed by atoms with Crippen LogP contribution in [-0.4, -0.2) is 37.8 Å². The minimum atomic E-state index is -0.125. The Labute approximate surface area is 176 Å². The predicted molar refractivity (Wildman–Crippen MR) is 116 cm³/mol. The van der Waals surface area contributed by atoms with Crippen LogP contribution in [-0.2, 0) is 16.0 Å². The Balaban J connectivity index is 1.45. The summed E-state index contributed by atoms with van der Waals surface area (Å²) < 4.78 is 0.596. The number of hydrogen-bond acceptors (Lipinski definition) is 6. The number of rotatable bonds is 7. The van der Waals surface area contributed by atoms with E-state index in [-0.39, 0.29) is 17.1 Å². The molecular formula is C18H18ClN3O2S3. The van der Waals surface area contributed by atoms with Gasteiger partial charge in [0.05, 0.1) is 5.25 Å². The average molecular weight is 440 g/mol. The van der Waals surface area contributed by atoms with Gasteiger partial charge in [0.15, 0.2) is 5.13 Å². The molecule has 1 unspecified atom stereocenters. The van der Waals surface area contributed by atoms with E-state index in [9.17, 15) is 9.59 Å². The first-order chi connectivity index (χ1) is 12.9. The molecule has 1 aromatic carbocycles. The zero-order chi connectivity index (χ0) is 19.4. The summed E-state index contributed by atoms with van der Waals surface area (Å²) in [5, 5.41) is 3.97. The van der Waals surface area contributed by atoms with Crippen LogP contribution in [0.25, 0.3) is 0 Å². The molecule has 3 rings (SSSR count). The van der Waals surface area contributed by atoms with Gasteiger partial charge in [-0.25, -0.2) is 4.98 Å². The summed E-state index contributed by atoms with van der Waals surface area (Å²) in [6.07, 6.45) is 3.36. The lowest BCUT2D eigenvalue weighted by molar-refractivity contribution is -0.126. The number of thioether (sulfide) groups is 1. The summed E-state index contributed by atoms with van der Waals surface area (Å²) in [6, 6.07) is 7.68. The Bertz CT molecular complexity index is 871. The molecule has 1 atom stereocenters. The highest BCUT2D eigenvalue weighted by Gasteiger charge is 2.33. The number of nitrogens with zero attached hydrogens (tertiary/aromatic N) is 2. The summed E-state index contributed by atoms with van der Waals surface area (Å²) >= 11 is 14.0. The number of amides is 2. The molecule has 1 fully saturated rings. The van der Waals surface area contributed by atoms with Gasteiger partial charge in [-0.1, -0.05) is 47.7 Å². The van der Waals surface area contributed by atoms with Gasteiger partial charge >= 0.3 is 0 Å². The average Bonchev–Trinajstić information content (AvgIpc) is 3.13. The van der Waals surface area contributed by atoms with E-state index >= 15 is 0 Å². The van der Waals surface area contributed by atoms with Crippen molar-refractivity contribution >= 4 is 68.2 Å². The van der Waals surface area contributed by atoms with Crippen molar-refractivity contribution in [1.29, 1.82) is 0 Å². The molecule has 1 N–H and O–H groups in total. The zero-order valence-electron chi connectivity index (χ0n) is 14.6. The highest BCUT2D eigenvalue weighted by Crippen LogP contribution is 2.27. The summed E-state index contributed by atoms with van der Waals surface area (Å²) in [5.74, 6) is -0.0899. The standard InChI is InChI=1S/C18H18ClN3O2S3/c1-11-16(24)22(18(25)26-11)7-3-6-15(23)21-17-20-10-14(27-17)9-12-4-2-5-13(19)8-12/h2,4-5,8,10-11H,3,6-7,9H2,1H3,(H,20,21,23). The number of hydrogen-bond donors (Lipinski definition) is 1. The Morgan fingerprint density at radius 2 is 2.26 bits per heavy atom. The second-order valence-corrected chi connectivity index (χ2v) is 9.63. The molecule has 1 aliphatic rings. The Morgan fingerprint density at radius 3 is 2.96 bits per heavy atom. The van der Waals surface area contributed by atoms with E-state index in [1.165, 1.54) is 23.1 Å². The van der Waals surface area contributed by atoms with Crippen LogP contribution < -0.4 is 5.32 Å². The predicted octanol–water partition coefficient (Wildman–Crippen LogP) is 4.35. The minimum absolute atomic E-state index is 0.0241. The van der Waals surface area contributed by atoms with Crippen LogP contribution in [0.15, 0.2) is 30.5 Å². The lowest BCUT2D eigenvalue weighted by Crippen LogP contribution is -2.32. The highest BCUT2D eigenvalue weighted by molar-refractivity contribution is 8.24. The van der Waals surface area contributed by atoms with Gasteiger partial charge in [0.2, 0.25) is 11.8 Å². The number of carbonyl (C=O) groups is 2. The first-order valence-electron chi connectivity index (χ1n) is 8.43. The fourth-order valence-corrected chi connectivity index (χ4v) is 5.18. The third-order valence-electron chi connectivity index (χ3n) is 3.96. The van der Waals surface area contributed by atoms with Gasteiger partial charge < -0.3 is 5.32 Å². The van der Waals surface area contributed by atoms with E-state index in [2.05, 4.69) is 10.3 Å². The van der Waals surface area contributed by atoms with Crippen molar-refractivity contribution < 1.29 is 9.59 Å². The Morgan fingerprint density at radius 1 is 1.44 bits per heavy atom. The first kappa shape index (κ1) is 20.3. The van der Waals surface area contributed by atoms with Crippen molar-refractivity contribution in [3.05, 3.63) is 45.9 Å². The summed E-state index contributed by atoms with van der Waals surface area (Å²) in [5.41, 5.74) is 1.10. The monoisotopic (exact) mass is 439 g/mol. The molecule has 0 aliphatic carbocycles. The number of benzene rings is 1. The van der Waals surface area contributed by atoms with Gasteiger partial charge in [-0.15, -0.1) is 11.3 Å². The first-order valence-corrected chi connectivity index (χ1v) is 10.9. The Hall–Kier alpha value is -1.48. The number of thiazole rings is 1. The lowest BCUT2D eigenvalue weighted by atomic mass is 10.1. The lowest BCUT2D eigenvalue weighted by Gasteiger charge is -2.14. The van der Waals surface area contributed by atoms with E-state index in [1.54, 1.807) is 11.1 Å². The largest absolute Gasteiger partial charge is 0.302 e. The third-order valence-corrected chi connectivity index (χ3v) is 6.60. The molecule has 0 bridgehead atoms. The maximum absolute atomic E-state index is 12.1. The van der Waals surface area contributed by atoms with Gasteiger partial charge in [-0.3, -0.25) is 14.5 Å². The molecule has 0 radical (unpaired) electrons. The van der Waals surface area contributed by atoms with Crippen molar-refractivity contribution in [3.8, 4) is 0 Å². The maximum Gasteiger partial charge on any atom is 0.241 e. The van der Waals surface area contributed by atoms with Gasteiger partial charge in [-0.05, 0) is 31.0 Å². The molecule has 2 heterocycles. The van der Waals surface area contributed by atoms with Crippen LogP contribution in [0.5, 0.6) is 0 Å². The van der Waals surface area contributed by atoms with Crippen LogP contribution in [0, 0.1) is 0 Å². The molecule has 0 spiro atoms. The second-order valence-electron chi connectivity index (χ2n) is 6.11. The van der Waals surface area contributed by atoms with Gasteiger partial charge in [0, 0.05) is 35.5 Å². The molecule has 1 saturated heterocycles. The maximum atomic E-state index is 12.1. The number of anilines is 1. The van der Waals surface area contributed by atoms with E-state index in [0.717, 1.165) is 16.9 Å². The molecule has 0 saturated carbocycles. The fourth-order valence-electron chi connectivity index (χ4n) is 2.65. The van der Waals surface area contributed by atoms with Crippen molar-refractivity contribution in [1.82, 2.24) is 9.88 Å². The molecule has 142 valence electrons. The summed E-state index contributed by atoms with van der Waals surface area (Å²) in [7, 11) is 0. The molecule has 1 aromatic heterocycles. The van der Waals surface area contributed by atoms with Gasteiger partial charge in [-0.2, -0.15) is 0 Å².